The highest BCUT2D eigenvalue weighted by Crippen LogP contribution is 2.41. The summed E-state index contributed by atoms with van der Waals surface area (Å²) in [5.74, 6) is -1.39. The van der Waals surface area contributed by atoms with Gasteiger partial charge in [0, 0.05) is 38.3 Å². The molecule has 3 atom stereocenters. The molecule has 3 saturated heterocycles. The largest absolute Gasteiger partial charge is 0.480 e. The number of anilines is 2. The van der Waals surface area contributed by atoms with Gasteiger partial charge in [-0.15, -0.1) is 11.3 Å². The average molecular weight is 713 g/mol. The standard InChI is InChI=1S/C34H38F2N6O7S/c1-4-20-9-27(50-16-20)24-12-28(39-30(38-24)29(35)36)42-15-23(11-26(42)32(43)44)49-31-25(41-7-8-48-34(19(41)2)17-47-18-34)10-22(13-37-31)21-5-6-40(14-21)33(45)46-3/h5,9-10,12-13,16,19,23,26,29H,4,6-8,11,14-15,17-18H2,1-3H3,(H,43,44)/t19-,23-,26-/m0/s1. The van der Waals surface area contributed by atoms with E-state index < -0.39 is 42.1 Å². The van der Waals surface area contributed by atoms with Crippen LogP contribution in [0.1, 0.15) is 43.6 Å². The summed E-state index contributed by atoms with van der Waals surface area (Å²) >= 11 is 1.39. The number of hydrogen-bond acceptors (Lipinski definition) is 12. The fourth-order valence-corrected chi connectivity index (χ4v) is 7.85. The summed E-state index contributed by atoms with van der Waals surface area (Å²) in [6.07, 6.45) is 0.450. The number of carbonyl (C=O) groups excluding carboxylic acids is 1. The maximum Gasteiger partial charge on any atom is 0.410 e. The highest BCUT2D eigenvalue weighted by Gasteiger charge is 2.50. The molecule has 0 aromatic carbocycles. The Bertz CT molecular complexity index is 1800. The van der Waals surface area contributed by atoms with Crippen LogP contribution in [0.3, 0.4) is 0 Å². The third-order valence-corrected chi connectivity index (χ3v) is 10.9. The van der Waals surface area contributed by atoms with Gasteiger partial charge in [0.1, 0.15) is 29.3 Å². The predicted octanol–water partition coefficient (Wildman–Crippen LogP) is 4.67. The minimum atomic E-state index is -2.95. The number of pyridine rings is 1. The van der Waals surface area contributed by atoms with Crippen molar-refractivity contribution in [3.05, 3.63) is 52.8 Å². The number of carboxylic acids is 1. The topological polar surface area (TPSA) is 140 Å². The van der Waals surface area contributed by atoms with Crippen molar-refractivity contribution in [1.29, 1.82) is 0 Å². The molecule has 13 nitrogen and oxygen atoms in total. The number of amides is 1. The molecular formula is C34H38F2N6O7S. The summed E-state index contributed by atoms with van der Waals surface area (Å²) in [4.78, 5) is 43.7. The van der Waals surface area contributed by atoms with Crippen LogP contribution in [0.4, 0.5) is 25.1 Å². The molecule has 1 N–H and O–H groups in total. The Morgan fingerprint density at radius 1 is 1.20 bits per heavy atom. The van der Waals surface area contributed by atoms with Crippen molar-refractivity contribution in [2.24, 2.45) is 0 Å². The van der Waals surface area contributed by atoms with E-state index in [1.165, 1.54) is 23.3 Å². The van der Waals surface area contributed by atoms with Crippen LogP contribution in [0.15, 0.2) is 35.9 Å². The molecule has 4 aliphatic rings. The zero-order valence-corrected chi connectivity index (χ0v) is 28.7. The summed E-state index contributed by atoms with van der Waals surface area (Å²) < 4.78 is 51.2. The van der Waals surface area contributed by atoms with Crippen molar-refractivity contribution in [2.45, 2.75) is 56.9 Å². The molecule has 16 heteroatoms. The van der Waals surface area contributed by atoms with Gasteiger partial charge in [0.15, 0.2) is 5.82 Å². The smallest absolute Gasteiger partial charge is 0.410 e. The molecular weight excluding hydrogens is 674 g/mol. The molecule has 3 fully saturated rings. The fourth-order valence-electron chi connectivity index (χ4n) is 6.89. The SMILES string of the molecule is CCc1csc(-c2cc(N3C[C@@H](Oc4ncc(C5=CCN(C(=O)OC)C5)cc4N4CCOC5(COC5)[C@@H]4C)C[C@H]3C(=O)O)nc(C(F)F)n2)c1. The van der Waals surface area contributed by atoms with Crippen LogP contribution in [0.25, 0.3) is 16.1 Å². The predicted molar refractivity (Wildman–Crippen MR) is 180 cm³/mol. The number of aliphatic carboxylic acids is 1. The Balaban J connectivity index is 1.20. The van der Waals surface area contributed by atoms with Crippen LogP contribution >= 0.6 is 11.3 Å². The van der Waals surface area contributed by atoms with Crippen LogP contribution in [0.5, 0.6) is 5.88 Å². The van der Waals surface area contributed by atoms with Crippen LogP contribution in [-0.4, -0.2) is 114 Å². The monoisotopic (exact) mass is 712 g/mol. The highest BCUT2D eigenvalue weighted by atomic mass is 32.1. The molecule has 3 aromatic rings. The number of morpholine rings is 1. The zero-order chi connectivity index (χ0) is 35.2. The third kappa shape index (κ3) is 6.35. The first-order chi connectivity index (χ1) is 24.1. The zero-order valence-electron chi connectivity index (χ0n) is 27.9. The van der Waals surface area contributed by atoms with E-state index in [-0.39, 0.29) is 24.8 Å². The van der Waals surface area contributed by atoms with Crippen molar-refractivity contribution in [2.75, 3.05) is 62.9 Å². The van der Waals surface area contributed by atoms with E-state index in [1.807, 2.05) is 30.5 Å². The molecule has 3 aromatic heterocycles. The second-order valence-corrected chi connectivity index (χ2v) is 13.7. The van der Waals surface area contributed by atoms with E-state index in [9.17, 15) is 23.5 Å². The highest BCUT2D eigenvalue weighted by molar-refractivity contribution is 7.13. The molecule has 0 saturated carbocycles. The Morgan fingerprint density at radius 3 is 2.70 bits per heavy atom. The van der Waals surface area contributed by atoms with Crippen molar-refractivity contribution in [3.63, 3.8) is 0 Å². The number of carbonyl (C=O) groups is 2. The molecule has 7 rings (SSSR count). The maximum atomic E-state index is 14.0. The van der Waals surface area contributed by atoms with Gasteiger partial charge in [0.25, 0.3) is 6.43 Å². The molecule has 4 aliphatic heterocycles. The molecule has 266 valence electrons. The number of hydrogen-bond donors (Lipinski definition) is 1. The van der Waals surface area contributed by atoms with Gasteiger partial charge in [-0.2, -0.15) is 0 Å². The lowest BCUT2D eigenvalue weighted by atomic mass is 9.90. The van der Waals surface area contributed by atoms with Gasteiger partial charge in [-0.05, 0) is 47.6 Å². The molecule has 0 radical (unpaired) electrons. The Hall–Kier alpha value is -4.41. The van der Waals surface area contributed by atoms with Gasteiger partial charge in [-0.25, -0.2) is 33.3 Å². The lowest BCUT2D eigenvalue weighted by Gasteiger charge is -2.53. The van der Waals surface area contributed by atoms with Crippen LogP contribution < -0.4 is 14.5 Å². The second-order valence-electron chi connectivity index (χ2n) is 12.8. The number of alkyl halides is 2. The van der Waals surface area contributed by atoms with E-state index in [0.29, 0.717) is 61.6 Å². The van der Waals surface area contributed by atoms with E-state index in [4.69, 9.17) is 23.9 Å². The number of methoxy groups -OCH3 is 1. The Kier molecular flexibility index (Phi) is 9.34. The molecule has 50 heavy (non-hydrogen) atoms. The van der Waals surface area contributed by atoms with Gasteiger partial charge in [0.2, 0.25) is 5.88 Å². The average Bonchev–Trinajstić information content (AvgIpc) is 3.88. The van der Waals surface area contributed by atoms with Crippen molar-refractivity contribution in [1.82, 2.24) is 19.9 Å². The number of carboxylic acid groups (broad SMARTS) is 1. The minimum absolute atomic E-state index is 0.0657. The quantitative estimate of drug-likeness (QED) is 0.330. The fraction of sp³-hybridized carbons (Fsp3) is 0.500. The van der Waals surface area contributed by atoms with Gasteiger partial charge >= 0.3 is 12.1 Å². The van der Waals surface area contributed by atoms with Crippen LogP contribution in [0, 0.1) is 0 Å². The number of halogens is 2. The van der Waals surface area contributed by atoms with E-state index in [0.717, 1.165) is 23.1 Å². The van der Waals surface area contributed by atoms with Crippen LogP contribution in [-0.2, 0) is 25.4 Å². The van der Waals surface area contributed by atoms with Gasteiger partial charge in [0.05, 0.1) is 50.1 Å². The number of thiophene rings is 1. The number of nitrogens with zero attached hydrogens (tertiary/aromatic N) is 6. The van der Waals surface area contributed by atoms with Crippen LogP contribution in [0.2, 0.25) is 0 Å². The van der Waals surface area contributed by atoms with Crippen molar-refractivity contribution in [3.8, 4) is 16.5 Å². The number of ether oxygens (including phenoxy) is 4. The first kappa shape index (κ1) is 34.1. The van der Waals surface area contributed by atoms with E-state index in [2.05, 4.69) is 21.8 Å². The second kappa shape index (κ2) is 13.7. The third-order valence-electron chi connectivity index (χ3n) is 9.87. The Morgan fingerprint density at radius 2 is 2.02 bits per heavy atom. The molecule has 0 bridgehead atoms. The summed E-state index contributed by atoms with van der Waals surface area (Å²) in [7, 11) is 1.35. The molecule has 1 amide bonds. The van der Waals surface area contributed by atoms with E-state index >= 15 is 0 Å². The summed E-state index contributed by atoms with van der Waals surface area (Å²) in [5, 5.41) is 12.2. The van der Waals surface area contributed by atoms with E-state index in [1.54, 1.807) is 17.2 Å². The first-order valence-corrected chi connectivity index (χ1v) is 17.4. The van der Waals surface area contributed by atoms with Gasteiger partial charge < -0.3 is 38.8 Å². The molecule has 1 spiro atoms. The normalized spacial score (nSPS) is 23.0. The molecule has 0 unspecified atom stereocenters. The minimum Gasteiger partial charge on any atom is -0.480 e. The maximum absolute atomic E-state index is 14.0. The Labute approximate surface area is 291 Å². The summed E-state index contributed by atoms with van der Waals surface area (Å²) in [6, 6.07) is 4.25. The van der Waals surface area contributed by atoms with Gasteiger partial charge in [-0.3, -0.25) is 0 Å². The summed E-state index contributed by atoms with van der Waals surface area (Å²) in [5.41, 5.74) is 3.28. The van der Waals surface area contributed by atoms with Crippen molar-refractivity contribution >= 4 is 40.5 Å². The van der Waals surface area contributed by atoms with Crippen molar-refractivity contribution < 1.29 is 42.4 Å². The lowest BCUT2D eigenvalue weighted by Crippen LogP contribution is -2.68. The summed E-state index contributed by atoms with van der Waals surface area (Å²) in [6.45, 7) is 6.82. The molecule has 7 heterocycles. The van der Waals surface area contributed by atoms with Gasteiger partial charge in [-0.1, -0.05) is 13.0 Å². The number of aryl methyl sites for hydroxylation is 1. The number of rotatable bonds is 9. The first-order valence-electron chi connectivity index (χ1n) is 16.5. The molecule has 0 aliphatic carbocycles. The number of aromatic nitrogens is 3. The lowest BCUT2D eigenvalue weighted by molar-refractivity contribution is -0.228.